The molecular weight excluding hydrogens is 310 g/mol. The van der Waals surface area contributed by atoms with E-state index in [1.165, 1.54) is 12.0 Å². The van der Waals surface area contributed by atoms with Gasteiger partial charge in [-0.05, 0) is 37.5 Å². The Bertz CT molecular complexity index is 743. The van der Waals surface area contributed by atoms with Crippen LogP contribution in [0.15, 0.2) is 48.5 Å². The summed E-state index contributed by atoms with van der Waals surface area (Å²) in [5.74, 6) is 0.160. The van der Waals surface area contributed by atoms with E-state index >= 15 is 0 Å². The van der Waals surface area contributed by atoms with Crippen molar-refractivity contribution in [1.29, 1.82) is 0 Å². The van der Waals surface area contributed by atoms with Gasteiger partial charge in [0.2, 0.25) is 5.91 Å². The molecule has 0 aliphatic heterocycles. The first kappa shape index (κ1) is 17.4. The fourth-order valence-corrected chi connectivity index (χ4v) is 3.42. The molecule has 3 heteroatoms. The standard InChI is InChI=1S/C22H25NO2/c1-16-11-13-17(14-12-16)15-21(24)19-9-5-6-10-20(19)23-22(25)18-7-3-2-4-8-18/h5-6,9-14,18H,2-4,7-8,15H2,1H3,(H,23,25). The van der Waals surface area contributed by atoms with Crippen molar-refractivity contribution in [2.75, 3.05) is 5.32 Å². The van der Waals surface area contributed by atoms with Gasteiger partial charge >= 0.3 is 0 Å². The number of Topliss-reactive ketones (excluding diaryl/α,β-unsaturated/α-hetero) is 1. The van der Waals surface area contributed by atoms with Crippen molar-refractivity contribution in [3.8, 4) is 0 Å². The smallest absolute Gasteiger partial charge is 0.227 e. The molecule has 0 heterocycles. The Hall–Kier alpha value is -2.42. The lowest BCUT2D eigenvalue weighted by molar-refractivity contribution is -0.120. The third-order valence-electron chi connectivity index (χ3n) is 4.95. The van der Waals surface area contributed by atoms with Crippen molar-refractivity contribution in [3.63, 3.8) is 0 Å². The second-order valence-electron chi connectivity index (χ2n) is 6.96. The molecule has 1 fully saturated rings. The molecule has 1 amide bonds. The lowest BCUT2D eigenvalue weighted by Gasteiger charge is -2.21. The van der Waals surface area contributed by atoms with Crippen LogP contribution in [0.2, 0.25) is 0 Å². The first-order chi connectivity index (χ1) is 12.1. The van der Waals surface area contributed by atoms with E-state index in [1.54, 1.807) is 6.07 Å². The number of rotatable bonds is 5. The summed E-state index contributed by atoms with van der Waals surface area (Å²) in [7, 11) is 0. The number of ketones is 1. The molecule has 1 aliphatic rings. The molecule has 0 atom stereocenters. The summed E-state index contributed by atoms with van der Waals surface area (Å²) in [5.41, 5.74) is 3.39. The Balaban J connectivity index is 1.72. The van der Waals surface area contributed by atoms with Crippen LogP contribution in [0.5, 0.6) is 0 Å². The molecule has 0 radical (unpaired) electrons. The Labute approximate surface area is 149 Å². The van der Waals surface area contributed by atoms with Crippen molar-refractivity contribution >= 4 is 17.4 Å². The van der Waals surface area contributed by atoms with Crippen LogP contribution in [0.3, 0.4) is 0 Å². The molecule has 1 aliphatic carbocycles. The summed E-state index contributed by atoms with van der Waals surface area (Å²) in [6, 6.07) is 15.3. The van der Waals surface area contributed by atoms with E-state index in [9.17, 15) is 9.59 Å². The highest BCUT2D eigenvalue weighted by molar-refractivity contribution is 6.06. The SMILES string of the molecule is Cc1ccc(CC(=O)c2ccccc2NC(=O)C2CCCCC2)cc1. The number of nitrogens with one attached hydrogen (secondary N) is 1. The van der Waals surface area contributed by atoms with Gasteiger partial charge < -0.3 is 5.32 Å². The first-order valence-corrected chi connectivity index (χ1v) is 9.12. The number of benzene rings is 2. The maximum Gasteiger partial charge on any atom is 0.227 e. The Morgan fingerprint density at radius 1 is 0.960 bits per heavy atom. The molecule has 2 aromatic carbocycles. The summed E-state index contributed by atoms with van der Waals surface area (Å²) in [6.07, 6.45) is 5.70. The van der Waals surface area contributed by atoms with Gasteiger partial charge in [0.05, 0.1) is 5.69 Å². The van der Waals surface area contributed by atoms with Crippen LogP contribution in [-0.2, 0) is 11.2 Å². The van der Waals surface area contributed by atoms with E-state index in [0.717, 1.165) is 31.2 Å². The lowest BCUT2D eigenvalue weighted by atomic mass is 9.88. The van der Waals surface area contributed by atoms with Crippen molar-refractivity contribution < 1.29 is 9.59 Å². The number of anilines is 1. The normalized spacial score (nSPS) is 14.9. The van der Waals surface area contributed by atoms with Gasteiger partial charge in [-0.3, -0.25) is 9.59 Å². The molecule has 1 N–H and O–H groups in total. The fourth-order valence-electron chi connectivity index (χ4n) is 3.42. The second-order valence-corrected chi connectivity index (χ2v) is 6.96. The molecule has 0 bridgehead atoms. The topological polar surface area (TPSA) is 46.2 Å². The van der Waals surface area contributed by atoms with Crippen molar-refractivity contribution in [3.05, 3.63) is 65.2 Å². The van der Waals surface area contributed by atoms with Crippen molar-refractivity contribution in [2.45, 2.75) is 45.4 Å². The molecule has 130 valence electrons. The van der Waals surface area contributed by atoms with Gasteiger partial charge in [-0.2, -0.15) is 0 Å². The van der Waals surface area contributed by atoms with E-state index in [4.69, 9.17) is 0 Å². The van der Waals surface area contributed by atoms with Gasteiger partial charge in [-0.15, -0.1) is 0 Å². The monoisotopic (exact) mass is 335 g/mol. The minimum atomic E-state index is 0.0309. The number of hydrogen-bond donors (Lipinski definition) is 1. The third kappa shape index (κ3) is 4.56. The summed E-state index contributed by atoms with van der Waals surface area (Å²) < 4.78 is 0. The molecule has 0 unspecified atom stereocenters. The average Bonchev–Trinajstić information content (AvgIpc) is 2.64. The highest BCUT2D eigenvalue weighted by atomic mass is 16.2. The van der Waals surface area contributed by atoms with Crippen LogP contribution in [0.25, 0.3) is 0 Å². The number of hydrogen-bond acceptors (Lipinski definition) is 2. The summed E-state index contributed by atoms with van der Waals surface area (Å²) in [5, 5.41) is 3.00. The van der Waals surface area contributed by atoms with Gasteiger partial charge in [-0.25, -0.2) is 0 Å². The first-order valence-electron chi connectivity index (χ1n) is 9.12. The molecule has 0 spiro atoms. The highest BCUT2D eigenvalue weighted by Gasteiger charge is 2.22. The van der Waals surface area contributed by atoms with E-state index in [-0.39, 0.29) is 17.6 Å². The molecule has 0 saturated heterocycles. The molecule has 2 aromatic rings. The maximum atomic E-state index is 12.7. The van der Waals surface area contributed by atoms with E-state index in [2.05, 4.69) is 5.32 Å². The zero-order valence-electron chi connectivity index (χ0n) is 14.8. The molecule has 0 aromatic heterocycles. The van der Waals surface area contributed by atoms with Crippen LogP contribution in [0.4, 0.5) is 5.69 Å². The lowest BCUT2D eigenvalue weighted by Crippen LogP contribution is -2.25. The fraction of sp³-hybridized carbons (Fsp3) is 0.364. The maximum absolute atomic E-state index is 12.7. The average molecular weight is 335 g/mol. The van der Waals surface area contributed by atoms with Crippen LogP contribution in [0.1, 0.15) is 53.6 Å². The number of para-hydroxylation sites is 1. The Morgan fingerprint density at radius 2 is 1.64 bits per heavy atom. The van der Waals surface area contributed by atoms with Gasteiger partial charge in [0.25, 0.3) is 0 Å². The largest absolute Gasteiger partial charge is 0.325 e. The van der Waals surface area contributed by atoms with E-state index < -0.39 is 0 Å². The van der Waals surface area contributed by atoms with Crippen LogP contribution in [-0.4, -0.2) is 11.7 Å². The minimum Gasteiger partial charge on any atom is -0.325 e. The third-order valence-corrected chi connectivity index (χ3v) is 4.95. The summed E-state index contributed by atoms with van der Waals surface area (Å²) in [4.78, 5) is 25.2. The van der Waals surface area contributed by atoms with Gasteiger partial charge in [0.1, 0.15) is 0 Å². The molecule has 25 heavy (non-hydrogen) atoms. The predicted octanol–water partition coefficient (Wildman–Crippen LogP) is 4.94. The molecule has 3 rings (SSSR count). The molecule has 1 saturated carbocycles. The predicted molar refractivity (Wildman–Crippen MR) is 101 cm³/mol. The molecular formula is C22H25NO2. The van der Waals surface area contributed by atoms with Gasteiger partial charge in [-0.1, -0.05) is 61.2 Å². The van der Waals surface area contributed by atoms with Gasteiger partial charge in [0, 0.05) is 17.9 Å². The van der Waals surface area contributed by atoms with Gasteiger partial charge in [0.15, 0.2) is 5.78 Å². The van der Waals surface area contributed by atoms with Crippen LogP contribution in [0, 0.1) is 12.8 Å². The minimum absolute atomic E-state index is 0.0309. The highest BCUT2D eigenvalue weighted by Crippen LogP contribution is 2.26. The number of carbonyl (C=O) groups excluding carboxylic acids is 2. The zero-order chi connectivity index (χ0) is 17.6. The quantitative estimate of drug-likeness (QED) is 0.787. The number of amides is 1. The van der Waals surface area contributed by atoms with Crippen molar-refractivity contribution in [2.24, 2.45) is 5.92 Å². The summed E-state index contributed by atoms with van der Waals surface area (Å²) in [6.45, 7) is 2.03. The van der Waals surface area contributed by atoms with Crippen molar-refractivity contribution in [1.82, 2.24) is 0 Å². The van der Waals surface area contributed by atoms with E-state index in [0.29, 0.717) is 17.7 Å². The number of carbonyl (C=O) groups is 2. The summed E-state index contributed by atoms with van der Waals surface area (Å²) >= 11 is 0. The van der Waals surface area contributed by atoms with Crippen LogP contribution < -0.4 is 5.32 Å². The number of aryl methyl sites for hydroxylation is 1. The van der Waals surface area contributed by atoms with Crippen LogP contribution >= 0.6 is 0 Å². The second kappa shape index (κ2) is 8.11. The Morgan fingerprint density at radius 3 is 2.36 bits per heavy atom. The van der Waals surface area contributed by atoms with E-state index in [1.807, 2.05) is 49.4 Å². The Kier molecular flexibility index (Phi) is 5.64. The zero-order valence-corrected chi connectivity index (χ0v) is 14.8. The molecule has 3 nitrogen and oxygen atoms in total.